The smallest absolute Gasteiger partial charge is 0.227 e. The molecule has 0 bridgehead atoms. The molecule has 1 amide bonds. The third kappa shape index (κ3) is 3.02. The van der Waals surface area contributed by atoms with Crippen LogP contribution >= 0.6 is 0 Å². The minimum Gasteiger partial charge on any atom is -0.377 e. The van der Waals surface area contributed by atoms with Crippen LogP contribution in [0.25, 0.3) is 0 Å². The summed E-state index contributed by atoms with van der Waals surface area (Å²) < 4.78 is 7.77. The Balaban J connectivity index is 1.48. The molecule has 3 saturated heterocycles. The van der Waals surface area contributed by atoms with Crippen LogP contribution in [0.4, 0.5) is 0 Å². The Hall–Kier alpha value is -1.40. The number of aromatic nitrogens is 2. The fourth-order valence-corrected chi connectivity index (χ4v) is 4.43. The van der Waals surface area contributed by atoms with Crippen LogP contribution in [-0.4, -0.2) is 64.4 Å². The number of rotatable bonds is 3. The van der Waals surface area contributed by atoms with Crippen LogP contribution in [0.15, 0.2) is 12.4 Å². The minimum absolute atomic E-state index is 0.103. The van der Waals surface area contributed by atoms with Crippen molar-refractivity contribution in [2.75, 3.05) is 32.8 Å². The molecule has 0 radical (unpaired) electrons. The molecule has 4 rings (SSSR count). The second-order valence-electron chi connectivity index (χ2n) is 7.22. The molecule has 0 spiro atoms. The van der Waals surface area contributed by atoms with Gasteiger partial charge in [-0.05, 0) is 19.3 Å². The predicted octanol–water partition coefficient (Wildman–Crippen LogP) is 0.879. The molecule has 3 atom stereocenters. The quantitative estimate of drug-likeness (QED) is 0.830. The summed E-state index contributed by atoms with van der Waals surface area (Å²) in [7, 11) is 1.94. The van der Waals surface area contributed by atoms with Crippen molar-refractivity contribution in [3.05, 3.63) is 18.0 Å². The van der Waals surface area contributed by atoms with Crippen LogP contribution < -0.4 is 0 Å². The van der Waals surface area contributed by atoms with Crippen LogP contribution in [-0.2, 0) is 23.1 Å². The van der Waals surface area contributed by atoms with Gasteiger partial charge in [0.1, 0.15) is 0 Å². The molecule has 3 aliphatic heterocycles. The summed E-state index contributed by atoms with van der Waals surface area (Å²) in [5.74, 6) is 0.873. The second-order valence-corrected chi connectivity index (χ2v) is 7.22. The number of piperidine rings is 1. The monoisotopic (exact) mass is 318 g/mol. The first-order valence-corrected chi connectivity index (χ1v) is 8.81. The highest BCUT2D eigenvalue weighted by Crippen LogP contribution is 2.35. The molecular formula is C17H26N4O2. The Morgan fingerprint density at radius 1 is 1.35 bits per heavy atom. The number of fused-ring (bicyclic) bond motifs is 1. The zero-order valence-electron chi connectivity index (χ0n) is 13.9. The molecule has 0 aromatic carbocycles. The maximum absolute atomic E-state index is 13.0. The first-order chi connectivity index (χ1) is 11.2. The topological polar surface area (TPSA) is 50.6 Å². The molecule has 0 N–H and O–H groups in total. The Kier molecular flexibility index (Phi) is 4.11. The number of hydrogen-bond acceptors (Lipinski definition) is 4. The van der Waals surface area contributed by atoms with E-state index in [0.717, 1.165) is 58.6 Å². The van der Waals surface area contributed by atoms with Gasteiger partial charge in [0.25, 0.3) is 0 Å². The van der Waals surface area contributed by atoms with Gasteiger partial charge in [0.15, 0.2) is 0 Å². The lowest BCUT2D eigenvalue weighted by molar-refractivity contribution is -0.140. The van der Waals surface area contributed by atoms with E-state index in [0.29, 0.717) is 11.8 Å². The highest BCUT2D eigenvalue weighted by Gasteiger charge is 2.45. The molecule has 6 nitrogen and oxygen atoms in total. The SMILES string of the molecule is Cn1cc(CN2C[C@H]3OCC[C@H]3[C@H](C(=O)N3CCCC3)C2)cn1. The molecular weight excluding hydrogens is 292 g/mol. The first kappa shape index (κ1) is 15.1. The van der Waals surface area contributed by atoms with Gasteiger partial charge in [-0.15, -0.1) is 0 Å². The molecule has 126 valence electrons. The summed E-state index contributed by atoms with van der Waals surface area (Å²) in [5, 5.41) is 4.25. The zero-order chi connectivity index (χ0) is 15.8. The number of nitrogens with zero attached hydrogens (tertiary/aromatic N) is 4. The van der Waals surface area contributed by atoms with Crippen molar-refractivity contribution in [3.8, 4) is 0 Å². The molecule has 0 aliphatic carbocycles. The molecule has 3 fully saturated rings. The normalized spacial score (nSPS) is 31.5. The van der Waals surface area contributed by atoms with Crippen molar-refractivity contribution in [3.63, 3.8) is 0 Å². The van der Waals surface area contributed by atoms with Crippen molar-refractivity contribution < 1.29 is 9.53 Å². The van der Waals surface area contributed by atoms with Gasteiger partial charge in [0.2, 0.25) is 5.91 Å². The lowest BCUT2D eigenvalue weighted by atomic mass is 9.81. The maximum atomic E-state index is 13.0. The average molecular weight is 318 g/mol. The van der Waals surface area contributed by atoms with Gasteiger partial charge in [-0.25, -0.2) is 0 Å². The number of likely N-dealkylation sites (tertiary alicyclic amines) is 2. The number of ether oxygens (including phenoxy) is 1. The Bertz CT molecular complexity index is 567. The van der Waals surface area contributed by atoms with Crippen LogP contribution in [0, 0.1) is 11.8 Å². The van der Waals surface area contributed by atoms with E-state index in [1.807, 2.05) is 17.9 Å². The van der Waals surface area contributed by atoms with Crippen LogP contribution in [0.3, 0.4) is 0 Å². The van der Waals surface area contributed by atoms with Crippen molar-refractivity contribution >= 4 is 5.91 Å². The fraction of sp³-hybridized carbons (Fsp3) is 0.765. The largest absolute Gasteiger partial charge is 0.377 e. The minimum atomic E-state index is 0.103. The molecule has 0 unspecified atom stereocenters. The van der Waals surface area contributed by atoms with E-state index in [1.165, 1.54) is 5.56 Å². The molecule has 0 saturated carbocycles. The summed E-state index contributed by atoms with van der Waals surface area (Å²) in [5.41, 5.74) is 1.20. The van der Waals surface area contributed by atoms with E-state index in [-0.39, 0.29) is 12.0 Å². The summed E-state index contributed by atoms with van der Waals surface area (Å²) in [4.78, 5) is 17.4. The molecule has 3 aliphatic rings. The average Bonchev–Trinajstić information content (AvgIpc) is 3.26. The predicted molar refractivity (Wildman–Crippen MR) is 85.6 cm³/mol. The van der Waals surface area contributed by atoms with E-state index in [2.05, 4.69) is 21.1 Å². The van der Waals surface area contributed by atoms with E-state index in [1.54, 1.807) is 0 Å². The summed E-state index contributed by atoms with van der Waals surface area (Å²) in [6.07, 6.45) is 7.54. The number of hydrogen-bond donors (Lipinski definition) is 0. The molecule has 1 aromatic rings. The van der Waals surface area contributed by atoms with Crippen LogP contribution in [0.5, 0.6) is 0 Å². The number of carbonyl (C=O) groups excluding carboxylic acids is 1. The van der Waals surface area contributed by atoms with E-state index in [9.17, 15) is 4.79 Å². The standard InChI is InChI=1S/C17H26N4O2/c1-19-9-13(8-18-19)10-20-11-15(14-4-7-23-16(14)12-20)17(22)21-5-2-3-6-21/h8-9,14-16H,2-7,10-12H2,1H3/t14-,15+,16+/m0/s1. The van der Waals surface area contributed by atoms with Gasteiger partial charge in [-0.3, -0.25) is 14.4 Å². The number of amides is 1. The number of aryl methyl sites for hydroxylation is 1. The van der Waals surface area contributed by atoms with Crippen molar-refractivity contribution in [2.24, 2.45) is 18.9 Å². The Labute approximate surface area is 137 Å². The fourth-order valence-electron chi connectivity index (χ4n) is 4.43. The first-order valence-electron chi connectivity index (χ1n) is 8.81. The number of carbonyl (C=O) groups is 1. The third-order valence-electron chi connectivity index (χ3n) is 5.57. The van der Waals surface area contributed by atoms with Gasteiger partial charge in [0, 0.05) is 64.1 Å². The van der Waals surface area contributed by atoms with Crippen LogP contribution in [0.2, 0.25) is 0 Å². The summed E-state index contributed by atoms with van der Waals surface area (Å²) >= 11 is 0. The van der Waals surface area contributed by atoms with E-state index < -0.39 is 0 Å². The van der Waals surface area contributed by atoms with Gasteiger partial charge in [0.05, 0.1) is 18.2 Å². The van der Waals surface area contributed by atoms with Crippen molar-refractivity contribution in [1.29, 1.82) is 0 Å². The summed E-state index contributed by atoms with van der Waals surface area (Å²) in [6.45, 7) is 5.33. The second kappa shape index (κ2) is 6.24. The third-order valence-corrected chi connectivity index (χ3v) is 5.57. The maximum Gasteiger partial charge on any atom is 0.227 e. The van der Waals surface area contributed by atoms with Gasteiger partial charge in [-0.1, -0.05) is 0 Å². The molecule has 6 heteroatoms. The molecule has 23 heavy (non-hydrogen) atoms. The molecule has 4 heterocycles. The lowest BCUT2D eigenvalue weighted by Gasteiger charge is -2.40. The Morgan fingerprint density at radius 3 is 2.91 bits per heavy atom. The van der Waals surface area contributed by atoms with Gasteiger partial charge >= 0.3 is 0 Å². The van der Waals surface area contributed by atoms with Crippen LogP contribution in [0.1, 0.15) is 24.8 Å². The van der Waals surface area contributed by atoms with Gasteiger partial charge < -0.3 is 9.64 Å². The highest BCUT2D eigenvalue weighted by molar-refractivity contribution is 5.80. The highest BCUT2D eigenvalue weighted by atomic mass is 16.5. The molecule has 1 aromatic heterocycles. The summed E-state index contributed by atoms with van der Waals surface area (Å²) in [6, 6.07) is 0. The Morgan fingerprint density at radius 2 is 2.17 bits per heavy atom. The van der Waals surface area contributed by atoms with E-state index >= 15 is 0 Å². The zero-order valence-corrected chi connectivity index (χ0v) is 13.9. The van der Waals surface area contributed by atoms with Crippen molar-refractivity contribution in [1.82, 2.24) is 19.6 Å². The van der Waals surface area contributed by atoms with E-state index in [4.69, 9.17) is 4.74 Å². The lowest BCUT2D eigenvalue weighted by Crippen LogP contribution is -2.52. The van der Waals surface area contributed by atoms with Gasteiger partial charge in [-0.2, -0.15) is 5.10 Å². The van der Waals surface area contributed by atoms with Crippen molar-refractivity contribution in [2.45, 2.75) is 31.9 Å².